The van der Waals surface area contributed by atoms with Crippen LogP contribution in [0.15, 0.2) is 52.5 Å². The summed E-state index contributed by atoms with van der Waals surface area (Å²) in [7, 11) is -4.08. The van der Waals surface area contributed by atoms with Gasteiger partial charge in [-0.2, -0.15) is 22.6 Å². The van der Waals surface area contributed by atoms with Gasteiger partial charge in [-0.1, -0.05) is 12.1 Å². The lowest BCUT2D eigenvalue weighted by Crippen LogP contribution is -2.40. The van der Waals surface area contributed by atoms with Gasteiger partial charge in [0.15, 0.2) is 0 Å². The average Bonchev–Trinajstić information content (AvgIpc) is 2.74. The van der Waals surface area contributed by atoms with Gasteiger partial charge in [-0.05, 0) is 23.8 Å². The molecule has 3 rings (SSSR count). The maximum atomic E-state index is 13.0. The number of hydrogen-bond acceptors (Lipinski definition) is 7. The number of nitrogens with zero attached hydrogens (tertiary/aromatic N) is 3. The minimum atomic E-state index is -4.46. The second kappa shape index (κ2) is 8.99. The SMILES string of the molecule is O=[N+]([O-])c1ccc(N/N=C\c2ccc(C(F)(F)F)cc2)c(S(=O)(=O)N2CCOCC2)c1. The average molecular weight is 458 g/mol. The number of hydrazone groups is 1. The number of hydrogen-bond donors (Lipinski definition) is 1. The van der Waals surface area contributed by atoms with E-state index >= 15 is 0 Å². The predicted molar refractivity (Wildman–Crippen MR) is 105 cm³/mol. The largest absolute Gasteiger partial charge is 0.416 e. The van der Waals surface area contributed by atoms with E-state index in [9.17, 15) is 31.7 Å². The smallest absolute Gasteiger partial charge is 0.379 e. The minimum absolute atomic E-state index is 0.0137. The molecule has 9 nitrogen and oxygen atoms in total. The van der Waals surface area contributed by atoms with E-state index in [1.165, 1.54) is 24.4 Å². The van der Waals surface area contributed by atoms with Crippen LogP contribution in [-0.2, 0) is 20.9 Å². The minimum Gasteiger partial charge on any atom is -0.379 e. The Morgan fingerprint density at radius 1 is 1.13 bits per heavy atom. The molecule has 1 fully saturated rings. The van der Waals surface area contributed by atoms with Gasteiger partial charge in [-0.3, -0.25) is 15.5 Å². The molecule has 2 aromatic carbocycles. The number of sulfonamides is 1. The number of alkyl halides is 3. The van der Waals surface area contributed by atoms with Crippen molar-refractivity contribution in [2.24, 2.45) is 5.10 Å². The molecule has 2 aromatic rings. The van der Waals surface area contributed by atoms with E-state index < -0.39 is 32.4 Å². The Hall–Kier alpha value is -3.03. The van der Waals surface area contributed by atoms with Crippen LogP contribution in [0.25, 0.3) is 0 Å². The summed E-state index contributed by atoms with van der Waals surface area (Å²) >= 11 is 0. The van der Waals surface area contributed by atoms with Crippen LogP contribution in [0.3, 0.4) is 0 Å². The van der Waals surface area contributed by atoms with E-state index in [-0.39, 0.29) is 36.9 Å². The molecule has 1 N–H and O–H groups in total. The molecule has 0 bridgehead atoms. The molecule has 0 atom stereocenters. The summed E-state index contributed by atoms with van der Waals surface area (Å²) < 4.78 is 70.2. The van der Waals surface area contributed by atoms with Crippen LogP contribution in [0.4, 0.5) is 24.5 Å². The molecule has 0 radical (unpaired) electrons. The van der Waals surface area contributed by atoms with Gasteiger partial charge in [0.25, 0.3) is 5.69 Å². The first-order valence-corrected chi connectivity index (χ1v) is 10.4. The fraction of sp³-hybridized carbons (Fsp3) is 0.278. The van der Waals surface area contributed by atoms with Crippen molar-refractivity contribution >= 4 is 27.6 Å². The third-order valence-electron chi connectivity index (χ3n) is 4.40. The Balaban J connectivity index is 1.87. The number of benzene rings is 2. The number of anilines is 1. The van der Waals surface area contributed by atoms with Crippen LogP contribution in [-0.4, -0.2) is 50.2 Å². The highest BCUT2D eigenvalue weighted by Gasteiger charge is 2.31. The van der Waals surface area contributed by atoms with Gasteiger partial charge in [0.1, 0.15) is 4.90 Å². The molecule has 1 saturated heterocycles. The van der Waals surface area contributed by atoms with Gasteiger partial charge in [-0.15, -0.1) is 0 Å². The van der Waals surface area contributed by atoms with E-state index in [2.05, 4.69) is 10.5 Å². The van der Waals surface area contributed by atoms with Crippen molar-refractivity contribution in [2.75, 3.05) is 31.7 Å². The molecule has 0 spiro atoms. The van der Waals surface area contributed by atoms with Crippen molar-refractivity contribution in [3.05, 3.63) is 63.7 Å². The quantitative estimate of drug-likeness (QED) is 0.404. The third-order valence-corrected chi connectivity index (χ3v) is 6.34. The van der Waals surface area contributed by atoms with Crippen molar-refractivity contribution in [3.63, 3.8) is 0 Å². The zero-order chi connectivity index (χ0) is 22.6. The monoisotopic (exact) mass is 458 g/mol. The highest BCUT2D eigenvalue weighted by molar-refractivity contribution is 7.89. The highest BCUT2D eigenvalue weighted by Crippen LogP contribution is 2.30. The van der Waals surface area contributed by atoms with E-state index in [0.717, 1.165) is 28.6 Å². The summed E-state index contributed by atoms with van der Waals surface area (Å²) in [5.41, 5.74) is 1.60. The molecule has 13 heteroatoms. The Morgan fingerprint density at radius 3 is 2.35 bits per heavy atom. The molecule has 0 aliphatic carbocycles. The highest BCUT2D eigenvalue weighted by atomic mass is 32.2. The van der Waals surface area contributed by atoms with E-state index in [1.807, 2.05) is 0 Å². The number of ether oxygens (including phenoxy) is 1. The van der Waals surface area contributed by atoms with Gasteiger partial charge in [0, 0.05) is 25.2 Å². The maximum Gasteiger partial charge on any atom is 0.416 e. The van der Waals surface area contributed by atoms with Crippen molar-refractivity contribution < 1.29 is 31.2 Å². The number of halogens is 3. The summed E-state index contributed by atoms with van der Waals surface area (Å²) in [6.07, 6.45) is -3.26. The fourth-order valence-corrected chi connectivity index (χ4v) is 4.36. The number of nitro groups is 1. The first-order valence-electron chi connectivity index (χ1n) is 8.92. The molecule has 1 heterocycles. The standard InChI is InChI=1S/C18H17F3N4O5S/c19-18(20,21)14-3-1-13(2-4-14)12-22-23-16-6-5-15(25(26)27)11-17(16)31(28,29)24-7-9-30-10-8-24/h1-6,11-12,23H,7-10H2/b22-12-. The Bertz CT molecular complexity index is 1080. The second-order valence-corrected chi connectivity index (χ2v) is 8.35. The number of nitrogens with one attached hydrogen (secondary N) is 1. The van der Waals surface area contributed by atoms with Gasteiger partial charge < -0.3 is 4.74 Å². The van der Waals surface area contributed by atoms with Gasteiger partial charge >= 0.3 is 6.18 Å². The van der Waals surface area contributed by atoms with Gasteiger partial charge in [-0.25, -0.2) is 8.42 Å². The van der Waals surface area contributed by atoms with Gasteiger partial charge in [0.2, 0.25) is 10.0 Å². The normalized spacial score (nSPS) is 15.8. The van der Waals surface area contributed by atoms with Crippen LogP contribution in [0, 0.1) is 10.1 Å². The number of non-ortho nitro benzene ring substituents is 1. The van der Waals surface area contributed by atoms with Crippen LogP contribution in [0.1, 0.15) is 11.1 Å². The maximum absolute atomic E-state index is 13.0. The molecule has 1 aliphatic heterocycles. The van der Waals surface area contributed by atoms with Crippen molar-refractivity contribution in [2.45, 2.75) is 11.1 Å². The van der Waals surface area contributed by atoms with Crippen molar-refractivity contribution in [1.82, 2.24) is 4.31 Å². The van der Waals surface area contributed by atoms with Crippen LogP contribution in [0.2, 0.25) is 0 Å². The summed E-state index contributed by atoms with van der Waals surface area (Å²) in [5, 5.41) is 15.0. The topological polar surface area (TPSA) is 114 Å². The molecular formula is C18H17F3N4O5S. The van der Waals surface area contributed by atoms with E-state index in [1.54, 1.807) is 0 Å². The first-order chi connectivity index (χ1) is 14.6. The Kier molecular flexibility index (Phi) is 6.57. The lowest BCUT2D eigenvalue weighted by molar-refractivity contribution is -0.385. The molecule has 0 aromatic heterocycles. The first kappa shape index (κ1) is 22.7. The summed E-state index contributed by atoms with van der Waals surface area (Å²) in [4.78, 5) is 10.1. The predicted octanol–water partition coefficient (Wildman–Crippen LogP) is 3.08. The van der Waals surface area contributed by atoms with Crippen molar-refractivity contribution in [1.29, 1.82) is 0 Å². The lowest BCUT2D eigenvalue weighted by Gasteiger charge is -2.26. The lowest BCUT2D eigenvalue weighted by atomic mass is 10.1. The number of morpholine rings is 1. The molecular weight excluding hydrogens is 441 g/mol. The van der Waals surface area contributed by atoms with E-state index in [0.29, 0.717) is 5.56 Å². The fourth-order valence-electron chi connectivity index (χ4n) is 2.79. The van der Waals surface area contributed by atoms with Crippen LogP contribution >= 0.6 is 0 Å². The molecule has 0 unspecified atom stereocenters. The third kappa shape index (κ3) is 5.37. The zero-order valence-electron chi connectivity index (χ0n) is 15.9. The van der Waals surface area contributed by atoms with Gasteiger partial charge in [0.05, 0.1) is 35.6 Å². The van der Waals surface area contributed by atoms with Crippen LogP contribution < -0.4 is 5.43 Å². The summed E-state index contributed by atoms with van der Waals surface area (Å²) in [6, 6.07) is 7.44. The molecule has 166 valence electrons. The summed E-state index contributed by atoms with van der Waals surface area (Å²) in [6.45, 7) is 0.588. The van der Waals surface area contributed by atoms with E-state index in [4.69, 9.17) is 4.74 Å². The molecule has 0 amide bonds. The zero-order valence-corrected chi connectivity index (χ0v) is 16.7. The number of nitro benzene ring substituents is 1. The number of rotatable bonds is 6. The Labute approximate surface area is 175 Å². The molecule has 31 heavy (non-hydrogen) atoms. The second-order valence-electron chi connectivity index (χ2n) is 6.44. The van der Waals surface area contributed by atoms with Crippen LogP contribution in [0.5, 0.6) is 0 Å². The molecule has 1 aliphatic rings. The molecule has 0 saturated carbocycles. The Morgan fingerprint density at radius 2 is 1.77 bits per heavy atom. The van der Waals surface area contributed by atoms with Crippen molar-refractivity contribution in [3.8, 4) is 0 Å². The summed E-state index contributed by atoms with van der Waals surface area (Å²) in [5.74, 6) is 0.